The quantitative estimate of drug-likeness (QED) is 0.777. The van der Waals surface area contributed by atoms with Gasteiger partial charge < -0.3 is 10.6 Å². The van der Waals surface area contributed by atoms with Gasteiger partial charge in [-0.15, -0.1) is 11.3 Å². The minimum absolute atomic E-state index is 0.0179. The summed E-state index contributed by atoms with van der Waals surface area (Å²) in [6.07, 6.45) is 4.22. The Morgan fingerprint density at radius 1 is 1.10 bits per heavy atom. The number of nitrogens with one attached hydrogen (secondary N) is 2. The van der Waals surface area contributed by atoms with Crippen molar-refractivity contribution < 1.29 is 18.0 Å². The molecule has 154 valence electrons. The Morgan fingerprint density at radius 3 is 2.59 bits per heavy atom. The Balaban J connectivity index is 1.62. The topological polar surface area (TPSA) is 92.3 Å². The zero-order valence-corrected chi connectivity index (χ0v) is 17.9. The van der Waals surface area contributed by atoms with Gasteiger partial charge in [0.15, 0.2) is 9.84 Å². The molecule has 1 aromatic carbocycles. The summed E-state index contributed by atoms with van der Waals surface area (Å²) >= 11 is 1.47. The van der Waals surface area contributed by atoms with Crippen LogP contribution in [-0.2, 0) is 22.7 Å². The van der Waals surface area contributed by atoms with Crippen molar-refractivity contribution in [2.75, 3.05) is 16.8 Å². The molecule has 29 heavy (non-hydrogen) atoms. The molecular formula is C21H24N2O4S2. The van der Waals surface area contributed by atoms with E-state index in [0.717, 1.165) is 41.7 Å². The van der Waals surface area contributed by atoms with Crippen molar-refractivity contribution in [3.8, 4) is 0 Å². The summed E-state index contributed by atoms with van der Waals surface area (Å²) in [6, 6.07) is 6.97. The molecule has 0 bridgehead atoms. The van der Waals surface area contributed by atoms with Crippen LogP contribution < -0.4 is 10.6 Å². The molecule has 2 aromatic rings. The molecule has 4 rings (SSSR count). The van der Waals surface area contributed by atoms with E-state index < -0.39 is 9.84 Å². The Labute approximate surface area is 174 Å². The molecule has 2 aliphatic rings. The standard InChI is InChI=1S/C21H24N2O4S2/c1-13-6-2-3-7-15(13)19(24)23-21-18(16-8-4-5-9-17(16)28-21)20(25)22-14-10-11-29(26,27)12-14/h2-3,6-7,14H,4-5,8-12H2,1H3,(H,22,25)(H,23,24). The highest BCUT2D eigenvalue weighted by molar-refractivity contribution is 7.91. The summed E-state index contributed by atoms with van der Waals surface area (Å²) < 4.78 is 23.5. The molecule has 1 atom stereocenters. The molecule has 1 fully saturated rings. The number of carbonyl (C=O) groups excluding carboxylic acids is 2. The van der Waals surface area contributed by atoms with Crippen molar-refractivity contribution in [2.24, 2.45) is 0 Å². The molecule has 1 aromatic heterocycles. The molecule has 1 aliphatic carbocycles. The number of rotatable bonds is 4. The zero-order valence-electron chi connectivity index (χ0n) is 16.3. The van der Waals surface area contributed by atoms with Crippen molar-refractivity contribution in [2.45, 2.75) is 45.1 Å². The van der Waals surface area contributed by atoms with E-state index in [1.165, 1.54) is 11.3 Å². The second kappa shape index (κ2) is 7.91. The van der Waals surface area contributed by atoms with Crippen LogP contribution in [0.1, 0.15) is 56.0 Å². The van der Waals surface area contributed by atoms with Gasteiger partial charge in [-0.25, -0.2) is 8.42 Å². The van der Waals surface area contributed by atoms with Gasteiger partial charge in [0.1, 0.15) is 5.00 Å². The molecule has 2 heterocycles. The molecule has 0 spiro atoms. The van der Waals surface area contributed by atoms with E-state index in [4.69, 9.17) is 0 Å². The van der Waals surface area contributed by atoms with Crippen LogP contribution in [0.25, 0.3) is 0 Å². The summed E-state index contributed by atoms with van der Waals surface area (Å²) in [4.78, 5) is 27.1. The van der Waals surface area contributed by atoms with Crippen molar-refractivity contribution in [1.29, 1.82) is 0 Å². The van der Waals surface area contributed by atoms with Crippen LogP contribution in [0.5, 0.6) is 0 Å². The van der Waals surface area contributed by atoms with Crippen molar-refractivity contribution in [1.82, 2.24) is 5.32 Å². The lowest BCUT2D eigenvalue weighted by Crippen LogP contribution is -2.36. The fraction of sp³-hybridized carbons (Fsp3) is 0.429. The van der Waals surface area contributed by atoms with Crippen LogP contribution in [0.4, 0.5) is 5.00 Å². The molecule has 1 saturated heterocycles. The minimum atomic E-state index is -3.08. The largest absolute Gasteiger partial charge is 0.348 e. The third kappa shape index (κ3) is 4.23. The Bertz CT molecular complexity index is 1070. The van der Waals surface area contributed by atoms with E-state index >= 15 is 0 Å². The monoisotopic (exact) mass is 432 g/mol. The smallest absolute Gasteiger partial charge is 0.256 e. The Morgan fingerprint density at radius 2 is 1.86 bits per heavy atom. The van der Waals surface area contributed by atoms with E-state index in [-0.39, 0.29) is 29.4 Å². The van der Waals surface area contributed by atoms with E-state index in [0.29, 0.717) is 22.5 Å². The zero-order chi connectivity index (χ0) is 20.6. The van der Waals surface area contributed by atoms with E-state index in [9.17, 15) is 18.0 Å². The lowest BCUT2D eigenvalue weighted by atomic mass is 9.95. The SMILES string of the molecule is Cc1ccccc1C(=O)Nc1sc2c(c1C(=O)NC1CCS(=O)(=O)C1)CCCC2. The van der Waals surface area contributed by atoms with Crippen molar-refractivity contribution in [3.05, 3.63) is 51.4 Å². The highest BCUT2D eigenvalue weighted by Crippen LogP contribution is 2.38. The van der Waals surface area contributed by atoms with Crippen LogP contribution in [0.3, 0.4) is 0 Å². The summed E-state index contributed by atoms with van der Waals surface area (Å²) in [6.45, 7) is 1.88. The van der Waals surface area contributed by atoms with E-state index in [1.807, 2.05) is 25.1 Å². The number of amides is 2. The predicted octanol–water partition coefficient (Wildman–Crippen LogP) is 3.10. The number of aryl methyl sites for hydroxylation is 2. The molecule has 8 heteroatoms. The summed E-state index contributed by atoms with van der Waals surface area (Å²) in [5, 5.41) is 6.40. The molecule has 2 amide bonds. The maximum absolute atomic E-state index is 13.1. The lowest BCUT2D eigenvalue weighted by Gasteiger charge is -2.15. The molecular weight excluding hydrogens is 408 g/mol. The first-order chi connectivity index (χ1) is 13.8. The molecule has 1 aliphatic heterocycles. The van der Waals surface area contributed by atoms with Gasteiger partial charge in [0.25, 0.3) is 11.8 Å². The van der Waals surface area contributed by atoms with Crippen molar-refractivity contribution in [3.63, 3.8) is 0 Å². The number of thiophene rings is 1. The molecule has 2 N–H and O–H groups in total. The van der Waals surface area contributed by atoms with Gasteiger partial charge >= 0.3 is 0 Å². The summed E-state index contributed by atoms with van der Waals surface area (Å²) in [5.41, 5.74) is 2.95. The van der Waals surface area contributed by atoms with Crippen LogP contribution in [-0.4, -0.2) is 37.8 Å². The average molecular weight is 433 g/mol. The summed E-state index contributed by atoms with van der Waals surface area (Å²) in [7, 11) is -3.08. The predicted molar refractivity (Wildman–Crippen MR) is 115 cm³/mol. The van der Waals surface area contributed by atoms with E-state index in [1.54, 1.807) is 6.07 Å². The van der Waals surface area contributed by atoms with Gasteiger partial charge in [0.2, 0.25) is 0 Å². The van der Waals surface area contributed by atoms with Crippen LogP contribution in [0.15, 0.2) is 24.3 Å². The number of carbonyl (C=O) groups is 2. The van der Waals surface area contributed by atoms with Crippen LogP contribution in [0.2, 0.25) is 0 Å². The second-order valence-electron chi connectivity index (χ2n) is 7.76. The highest BCUT2D eigenvalue weighted by Gasteiger charge is 2.32. The van der Waals surface area contributed by atoms with Crippen LogP contribution in [0, 0.1) is 6.92 Å². The minimum Gasteiger partial charge on any atom is -0.348 e. The van der Waals surface area contributed by atoms with Gasteiger partial charge in [-0.2, -0.15) is 0 Å². The van der Waals surface area contributed by atoms with Crippen molar-refractivity contribution >= 4 is 38.0 Å². The first-order valence-electron chi connectivity index (χ1n) is 9.87. The lowest BCUT2D eigenvalue weighted by molar-refractivity contribution is 0.0941. The number of fused-ring (bicyclic) bond motifs is 1. The number of hydrogen-bond acceptors (Lipinski definition) is 5. The molecule has 0 radical (unpaired) electrons. The first-order valence-corrected chi connectivity index (χ1v) is 12.5. The number of hydrogen-bond donors (Lipinski definition) is 2. The molecule has 6 nitrogen and oxygen atoms in total. The maximum Gasteiger partial charge on any atom is 0.256 e. The fourth-order valence-electron chi connectivity index (χ4n) is 4.06. The Hall–Kier alpha value is -2.19. The highest BCUT2D eigenvalue weighted by atomic mass is 32.2. The molecule has 1 unspecified atom stereocenters. The number of sulfone groups is 1. The fourth-order valence-corrected chi connectivity index (χ4v) is 7.01. The summed E-state index contributed by atoms with van der Waals surface area (Å²) in [5.74, 6) is -0.433. The third-order valence-corrected chi connectivity index (χ3v) is 8.56. The van der Waals surface area contributed by atoms with Gasteiger partial charge in [-0.1, -0.05) is 18.2 Å². The normalized spacial score (nSPS) is 20.1. The van der Waals surface area contributed by atoms with Gasteiger partial charge in [0, 0.05) is 16.5 Å². The first kappa shape index (κ1) is 20.1. The average Bonchev–Trinajstić information content (AvgIpc) is 3.20. The maximum atomic E-state index is 13.1. The number of anilines is 1. The molecule has 0 saturated carbocycles. The third-order valence-electron chi connectivity index (χ3n) is 5.58. The van der Waals surface area contributed by atoms with Crippen LogP contribution >= 0.6 is 11.3 Å². The number of benzene rings is 1. The van der Waals surface area contributed by atoms with Gasteiger partial charge in [-0.05, 0) is 56.2 Å². The second-order valence-corrected chi connectivity index (χ2v) is 11.1. The van der Waals surface area contributed by atoms with Gasteiger partial charge in [-0.3, -0.25) is 9.59 Å². The van der Waals surface area contributed by atoms with Gasteiger partial charge in [0.05, 0.1) is 17.1 Å². The Kier molecular flexibility index (Phi) is 5.48. The van der Waals surface area contributed by atoms with E-state index in [2.05, 4.69) is 10.6 Å².